The van der Waals surface area contributed by atoms with Crippen LogP contribution in [0.2, 0.25) is 0 Å². The zero-order chi connectivity index (χ0) is 16.0. The number of rotatable bonds is 7. The summed E-state index contributed by atoms with van der Waals surface area (Å²) in [7, 11) is -3.25. The van der Waals surface area contributed by atoms with Gasteiger partial charge in [0.15, 0.2) is 15.6 Å². The number of ketones is 1. The van der Waals surface area contributed by atoms with Crippen LogP contribution < -0.4 is 0 Å². The van der Waals surface area contributed by atoms with Crippen molar-refractivity contribution in [1.29, 1.82) is 0 Å². The molecule has 116 valence electrons. The lowest BCUT2D eigenvalue weighted by molar-refractivity contribution is 0.0980. The predicted molar refractivity (Wildman–Crippen MR) is 87.9 cm³/mol. The fourth-order valence-corrected chi connectivity index (χ4v) is 3.58. The van der Waals surface area contributed by atoms with Crippen LogP contribution in [0.1, 0.15) is 35.2 Å². The van der Waals surface area contributed by atoms with Crippen LogP contribution in [0.5, 0.6) is 0 Å². The van der Waals surface area contributed by atoms with Gasteiger partial charge in [-0.1, -0.05) is 48.0 Å². The summed E-state index contributed by atoms with van der Waals surface area (Å²) in [5, 5.41) is 0. The molecular weight excluding hydrogens is 296 g/mol. The maximum Gasteiger partial charge on any atom is 0.178 e. The summed E-state index contributed by atoms with van der Waals surface area (Å²) in [6.45, 7) is 1.92. The fourth-order valence-electron chi connectivity index (χ4n) is 2.21. The Bertz CT molecular complexity index is 717. The number of sulfone groups is 1. The molecule has 0 heterocycles. The molecule has 0 aliphatic heterocycles. The molecule has 0 aliphatic rings. The van der Waals surface area contributed by atoms with E-state index in [1.807, 2.05) is 25.1 Å². The van der Waals surface area contributed by atoms with Crippen LogP contribution in [0.15, 0.2) is 59.5 Å². The molecule has 2 rings (SSSR count). The third-order valence-corrected chi connectivity index (χ3v) is 5.36. The normalized spacial score (nSPS) is 11.3. The molecule has 2 aromatic rings. The Morgan fingerprint density at radius 1 is 0.909 bits per heavy atom. The van der Waals surface area contributed by atoms with Crippen LogP contribution in [0.25, 0.3) is 0 Å². The summed E-state index contributed by atoms with van der Waals surface area (Å²) in [4.78, 5) is 12.3. The maximum absolute atomic E-state index is 12.2. The molecule has 4 heteroatoms. The lowest BCUT2D eigenvalue weighted by Crippen LogP contribution is -2.08. The van der Waals surface area contributed by atoms with Gasteiger partial charge in [-0.05, 0) is 31.9 Å². The summed E-state index contributed by atoms with van der Waals surface area (Å²) in [6, 6.07) is 16.0. The van der Waals surface area contributed by atoms with Gasteiger partial charge in [0, 0.05) is 12.0 Å². The molecule has 22 heavy (non-hydrogen) atoms. The zero-order valence-electron chi connectivity index (χ0n) is 12.7. The minimum atomic E-state index is -3.25. The van der Waals surface area contributed by atoms with E-state index in [0.29, 0.717) is 29.7 Å². The Morgan fingerprint density at radius 2 is 1.55 bits per heavy atom. The van der Waals surface area contributed by atoms with Crippen LogP contribution in [0, 0.1) is 6.92 Å². The van der Waals surface area contributed by atoms with Crippen LogP contribution in [0.4, 0.5) is 0 Å². The molecule has 0 bridgehead atoms. The molecule has 0 atom stereocenters. The molecule has 0 N–H and O–H groups in total. The number of carbonyl (C=O) groups is 1. The molecule has 2 aromatic carbocycles. The minimum absolute atomic E-state index is 0.0633. The van der Waals surface area contributed by atoms with Gasteiger partial charge >= 0.3 is 0 Å². The van der Waals surface area contributed by atoms with Crippen molar-refractivity contribution in [2.45, 2.75) is 31.1 Å². The van der Waals surface area contributed by atoms with Gasteiger partial charge in [0.1, 0.15) is 0 Å². The molecule has 3 nitrogen and oxygen atoms in total. The Morgan fingerprint density at radius 3 is 2.18 bits per heavy atom. The molecule has 0 saturated carbocycles. The van der Waals surface area contributed by atoms with E-state index in [0.717, 1.165) is 5.56 Å². The predicted octanol–water partition coefficient (Wildman–Crippen LogP) is 3.82. The molecular formula is C18H20O3S. The van der Waals surface area contributed by atoms with E-state index in [9.17, 15) is 13.2 Å². The van der Waals surface area contributed by atoms with E-state index in [1.54, 1.807) is 36.4 Å². The molecule has 0 aliphatic carbocycles. The molecule has 0 saturated heterocycles. The van der Waals surface area contributed by atoms with E-state index in [2.05, 4.69) is 0 Å². The van der Waals surface area contributed by atoms with Gasteiger partial charge in [-0.3, -0.25) is 4.79 Å². The monoisotopic (exact) mass is 316 g/mol. The van der Waals surface area contributed by atoms with Crippen molar-refractivity contribution in [3.8, 4) is 0 Å². The van der Waals surface area contributed by atoms with Gasteiger partial charge in [-0.2, -0.15) is 0 Å². The lowest BCUT2D eigenvalue weighted by Gasteiger charge is -2.05. The van der Waals surface area contributed by atoms with E-state index in [1.165, 1.54) is 0 Å². The second-order valence-electron chi connectivity index (χ2n) is 5.38. The first kappa shape index (κ1) is 16.4. The van der Waals surface area contributed by atoms with Gasteiger partial charge in [0.2, 0.25) is 0 Å². The Labute approximate surface area is 131 Å². The summed E-state index contributed by atoms with van der Waals surface area (Å²) >= 11 is 0. The molecule has 0 radical (unpaired) electrons. The summed E-state index contributed by atoms with van der Waals surface area (Å²) in [5.41, 5.74) is 1.72. The van der Waals surface area contributed by atoms with Gasteiger partial charge in [0.05, 0.1) is 10.6 Å². The number of carbonyl (C=O) groups excluding carboxylic acids is 1. The second-order valence-corrected chi connectivity index (χ2v) is 7.49. The second kappa shape index (κ2) is 7.36. The number of Topliss-reactive ketones (excluding diaryl/α,β-unsaturated/α-hetero) is 1. The Hall–Kier alpha value is -1.94. The first-order chi connectivity index (χ1) is 10.5. The minimum Gasteiger partial charge on any atom is -0.294 e. The van der Waals surface area contributed by atoms with Crippen LogP contribution >= 0.6 is 0 Å². The molecule has 0 unspecified atom stereocenters. The summed E-state index contributed by atoms with van der Waals surface area (Å²) in [6.07, 6.45) is 1.46. The van der Waals surface area contributed by atoms with Crippen LogP contribution in [-0.4, -0.2) is 20.0 Å². The van der Waals surface area contributed by atoms with Gasteiger partial charge in [-0.15, -0.1) is 0 Å². The van der Waals surface area contributed by atoms with Crippen molar-refractivity contribution in [2.24, 2.45) is 0 Å². The van der Waals surface area contributed by atoms with Crippen molar-refractivity contribution >= 4 is 15.6 Å². The van der Waals surface area contributed by atoms with E-state index >= 15 is 0 Å². The third-order valence-electron chi connectivity index (χ3n) is 3.54. The Kier molecular flexibility index (Phi) is 5.50. The maximum atomic E-state index is 12.2. The topological polar surface area (TPSA) is 51.2 Å². The summed E-state index contributed by atoms with van der Waals surface area (Å²) in [5.74, 6) is 0.145. The molecule has 0 amide bonds. The van der Waals surface area contributed by atoms with E-state index in [4.69, 9.17) is 0 Å². The van der Waals surface area contributed by atoms with Crippen LogP contribution in [0.3, 0.4) is 0 Å². The standard InChI is InChI=1S/C18H20O3S/c1-15-10-12-17(13-11-15)22(20,21)14-6-5-9-18(19)16-7-3-2-4-8-16/h2-4,7-8,10-13H,5-6,9,14H2,1H3. The molecule has 0 fully saturated rings. The van der Waals surface area contributed by atoms with Crippen molar-refractivity contribution in [2.75, 3.05) is 5.75 Å². The highest BCUT2D eigenvalue weighted by Crippen LogP contribution is 2.15. The van der Waals surface area contributed by atoms with Gasteiger partial charge in [-0.25, -0.2) is 8.42 Å². The quantitative estimate of drug-likeness (QED) is 0.576. The zero-order valence-corrected chi connectivity index (χ0v) is 13.5. The van der Waals surface area contributed by atoms with Crippen molar-refractivity contribution < 1.29 is 13.2 Å². The highest BCUT2D eigenvalue weighted by molar-refractivity contribution is 7.91. The number of hydrogen-bond donors (Lipinski definition) is 0. The largest absolute Gasteiger partial charge is 0.294 e. The number of hydrogen-bond acceptors (Lipinski definition) is 3. The first-order valence-electron chi connectivity index (χ1n) is 7.37. The smallest absolute Gasteiger partial charge is 0.178 e. The van der Waals surface area contributed by atoms with Crippen LogP contribution in [-0.2, 0) is 9.84 Å². The van der Waals surface area contributed by atoms with E-state index < -0.39 is 9.84 Å². The average Bonchev–Trinajstić information content (AvgIpc) is 2.52. The highest BCUT2D eigenvalue weighted by Gasteiger charge is 2.14. The van der Waals surface area contributed by atoms with Crippen molar-refractivity contribution in [3.05, 3.63) is 65.7 Å². The number of benzene rings is 2. The number of unbranched alkanes of at least 4 members (excludes halogenated alkanes) is 1. The SMILES string of the molecule is Cc1ccc(S(=O)(=O)CCCCC(=O)c2ccccc2)cc1. The summed E-state index contributed by atoms with van der Waals surface area (Å²) < 4.78 is 24.3. The highest BCUT2D eigenvalue weighted by atomic mass is 32.2. The van der Waals surface area contributed by atoms with Crippen molar-refractivity contribution in [1.82, 2.24) is 0 Å². The van der Waals surface area contributed by atoms with E-state index in [-0.39, 0.29) is 11.5 Å². The van der Waals surface area contributed by atoms with Gasteiger partial charge < -0.3 is 0 Å². The fraction of sp³-hybridized carbons (Fsp3) is 0.278. The molecule has 0 spiro atoms. The number of aryl methyl sites for hydroxylation is 1. The van der Waals surface area contributed by atoms with Gasteiger partial charge in [0.25, 0.3) is 0 Å². The molecule has 0 aromatic heterocycles. The third kappa shape index (κ3) is 4.53. The first-order valence-corrected chi connectivity index (χ1v) is 9.02. The Balaban J connectivity index is 1.83. The average molecular weight is 316 g/mol. The lowest BCUT2D eigenvalue weighted by atomic mass is 10.1. The van der Waals surface area contributed by atoms with Crippen molar-refractivity contribution in [3.63, 3.8) is 0 Å².